The van der Waals surface area contributed by atoms with Gasteiger partial charge >= 0.3 is 0 Å². The summed E-state index contributed by atoms with van der Waals surface area (Å²) < 4.78 is 7.41. The highest BCUT2D eigenvalue weighted by Crippen LogP contribution is 2.38. The second-order valence-corrected chi connectivity index (χ2v) is 6.58. The summed E-state index contributed by atoms with van der Waals surface area (Å²) in [7, 11) is 0. The summed E-state index contributed by atoms with van der Waals surface area (Å²) in [6.07, 6.45) is 5.77. The number of nitrogens with one attached hydrogen (secondary N) is 1. The maximum atomic E-state index is 6.24. The minimum absolute atomic E-state index is 0.836. The van der Waals surface area contributed by atoms with Crippen LogP contribution in [0.2, 0.25) is 0 Å². The second kappa shape index (κ2) is 4.82. The van der Waals surface area contributed by atoms with Crippen LogP contribution in [0.4, 0.5) is 0 Å². The van der Waals surface area contributed by atoms with Crippen LogP contribution in [-0.2, 0) is 0 Å². The molecule has 1 N–H and O–H groups in total. The van der Waals surface area contributed by atoms with E-state index in [9.17, 15) is 0 Å². The van der Waals surface area contributed by atoms with E-state index in [1.165, 1.54) is 10.1 Å². The Labute approximate surface area is 141 Å². The average Bonchev–Trinajstić information content (AvgIpc) is 3.28. The van der Waals surface area contributed by atoms with Crippen molar-refractivity contribution in [2.45, 2.75) is 6.92 Å². The Bertz CT molecular complexity index is 1380. The van der Waals surface area contributed by atoms with Crippen molar-refractivity contribution in [2.75, 3.05) is 0 Å². The number of para-hydroxylation sites is 1. The third kappa shape index (κ3) is 1.58. The van der Waals surface area contributed by atoms with Crippen molar-refractivity contribution in [3.63, 3.8) is 0 Å². The van der Waals surface area contributed by atoms with E-state index in [0.717, 1.165) is 43.5 Å². The van der Waals surface area contributed by atoms with Crippen LogP contribution in [0.5, 0.6) is 0 Å². The van der Waals surface area contributed by atoms with Gasteiger partial charge in [-0.25, -0.2) is 4.98 Å². The van der Waals surface area contributed by atoms with E-state index in [-0.39, 0.29) is 0 Å². The molecule has 24 heavy (non-hydrogen) atoms. The summed E-state index contributed by atoms with van der Waals surface area (Å²) in [4.78, 5) is 8.19. The first-order chi connectivity index (χ1) is 11.8. The molecule has 0 saturated heterocycles. The molecule has 5 aromatic rings. The average molecular weight is 330 g/mol. The summed E-state index contributed by atoms with van der Waals surface area (Å²) in [5.41, 5.74) is 6.78. The molecule has 0 aliphatic carbocycles. The predicted octanol–water partition coefficient (Wildman–Crippen LogP) is 4.44. The van der Waals surface area contributed by atoms with Gasteiger partial charge in [0, 0.05) is 26.9 Å². The predicted molar refractivity (Wildman–Crippen MR) is 103 cm³/mol. The van der Waals surface area contributed by atoms with Gasteiger partial charge in [-0.3, -0.25) is 0 Å². The number of hydrogen-bond donors (Lipinski definition) is 1. The highest BCUT2D eigenvalue weighted by Gasteiger charge is 2.19. The molecule has 0 fully saturated rings. The highest BCUT2D eigenvalue weighted by molar-refractivity contribution is 7.18. The van der Waals surface area contributed by atoms with Gasteiger partial charge in [0.25, 0.3) is 0 Å². The normalized spacial score (nSPS) is 13.9. The number of nitrogens with zero attached hydrogens (tertiary/aromatic N) is 1. The number of allylic oxidation sites excluding steroid dienone is 1. The van der Waals surface area contributed by atoms with E-state index in [1.54, 1.807) is 17.4 Å². The van der Waals surface area contributed by atoms with Crippen molar-refractivity contribution >= 4 is 66.5 Å². The summed E-state index contributed by atoms with van der Waals surface area (Å²) >= 11 is 1.66. The molecule has 0 atom stereocenters. The molecule has 0 unspecified atom stereocenters. The number of rotatable bonds is 1. The van der Waals surface area contributed by atoms with Gasteiger partial charge in [-0.15, -0.1) is 11.3 Å². The Morgan fingerprint density at radius 2 is 2.12 bits per heavy atom. The number of H-pyrrole nitrogens is 1. The van der Waals surface area contributed by atoms with Crippen molar-refractivity contribution < 1.29 is 4.42 Å². The lowest BCUT2D eigenvalue weighted by atomic mass is 10.1. The van der Waals surface area contributed by atoms with Crippen LogP contribution >= 0.6 is 11.3 Å². The van der Waals surface area contributed by atoms with Gasteiger partial charge in [0.1, 0.15) is 5.42 Å². The lowest BCUT2D eigenvalue weighted by molar-refractivity contribution is 0.578. The summed E-state index contributed by atoms with van der Waals surface area (Å²) in [5.74, 6) is 0. The lowest BCUT2D eigenvalue weighted by Gasteiger charge is -1.96. The Kier molecular flexibility index (Phi) is 2.73. The monoisotopic (exact) mass is 330 g/mol. The zero-order valence-electron chi connectivity index (χ0n) is 13.1. The number of aromatic nitrogens is 2. The van der Waals surface area contributed by atoms with Gasteiger partial charge in [-0.1, -0.05) is 36.9 Å². The molecule has 3 heterocycles. The van der Waals surface area contributed by atoms with Gasteiger partial charge in [-0.2, -0.15) is 0 Å². The molecular weight excluding hydrogens is 316 g/mol. The summed E-state index contributed by atoms with van der Waals surface area (Å²) in [5, 5.41) is 4.54. The lowest BCUT2D eigenvalue weighted by Crippen LogP contribution is -2.18. The van der Waals surface area contributed by atoms with Crippen molar-refractivity contribution in [1.82, 2.24) is 9.97 Å². The smallest absolute Gasteiger partial charge is 0.161 e. The third-order valence-corrected chi connectivity index (χ3v) is 5.34. The molecule has 0 spiro atoms. The number of furan rings is 1. The molecule has 0 saturated carbocycles. The molecule has 0 aliphatic rings. The first-order valence-electron chi connectivity index (χ1n) is 7.80. The van der Waals surface area contributed by atoms with Gasteiger partial charge < -0.3 is 9.40 Å². The molecule has 0 radical (unpaired) electrons. The Morgan fingerprint density at radius 3 is 2.96 bits per heavy atom. The molecule has 3 aromatic heterocycles. The van der Waals surface area contributed by atoms with E-state index in [0.29, 0.717) is 0 Å². The second-order valence-electron chi connectivity index (χ2n) is 5.73. The Morgan fingerprint density at radius 1 is 1.25 bits per heavy atom. The van der Waals surface area contributed by atoms with Crippen LogP contribution in [0, 0.1) is 0 Å². The van der Waals surface area contributed by atoms with E-state index < -0.39 is 0 Å². The first kappa shape index (κ1) is 13.6. The first-order valence-corrected chi connectivity index (χ1v) is 8.68. The van der Waals surface area contributed by atoms with Gasteiger partial charge in [0.05, 0.1) is 21.2 Å². The van der Waals surface area contributed by atoms with Crippen LogP contribution in [0.25, 0.3) is 55.1 Å². The summed E-state index contributed by atoms with van der Waals surface area (Å²) in [6, 6.07) is 8.32. The van der Waals surface area contributed by atoms with Crippen molar-refractivity contribution in [3.05, 3.63) is 53.1 Å². The van der Waals surface area contributed by atoms with Crippen LogP contribution in [0.15, 0.2) is 46.8 Å². The topological polar surface area (TPSA) is 41.8 Å². The van der Waals surface area contributed by atoms with Gasteiger partial charge in [0.2, 0.25) is 0 Å². The highest BCUT2D eigenvalue weighted by atomic mass is 32.1. The molecule has 0 bridgehead atoms. The third-order valence-electron chi connectivity index (χ3n) is 4.50. The molecule has 0 amide bonds. The number of aromatic amines is 1. The van der Waals surface area contributed by atoms with Crippen LogP contribution in [0.1, 0.15) is 6.92 Å². The van der Waals surface area contributed by atoms with E-state index in [1.807, 2.05) is 24.6 Å². The van der Waals surface area contributed by atoms with Crippen LogP contribution in [-0.4, -0.2) is 9.97 Å². The maximum absolute atomic E-state index is 6.24. The zero-order valence-corrected chi connectivity index (χ0v) is 13.9. The fraction of sp³-hybridized carbons (Fsp3) is 0.0500. The SMILES string of the molecule is C=C/C=c1/oc2c3[nH]c4ccccc4c3c3ncsc3c2/c1=C/C. The van der Waals surface area contributed by atoms with Crippen LogP contribution < -0.4 is 10.6 Å². The van der Waals surface area contributed by atoms with E-state index in [2.05, 4.69) is 40.8 Å². The molecule has 3 nitrogen and oxygen atoms in total. The number of fused-ring (bicyclic) bond motifs is 8. The molecule has 116 valence electrons. The molecule has 4 heteroatoms. The van der Waals surface area contributed by atoms with Crippen molar-refractivity contribution in [2.24, 2.45) is 0 Å². The molecule has 2 aromatic carbocycles. The van der Waals surface area contributed by atoms with Crippen molar-refractivity contribution in [3.8, 4) is 0 Å². The van der Waals surface area contributed by atoms with Gasteiger partial charge in [0.15, 0.2) is 5.58 Å². The van der Waals surface area contributed by atoms with E-state index >= 15 is 0 Å². The zero-order chi connectivity index (χ0) is 16.3. The maximum Gasteiger partial charge on any atom is 0.161 e. The van der Waals surface area contributed by atoms with Gasteiger partial charge in [-0.05, 0) is 19.1 Å². The molecule has 5 rings (SSSR count). The fourth-order valence-electron chi connectivity index (χ4n) is 3.54. The fourth-order valence-corrected chi connectivity index (χ4v) is 4.39. The van der Waals surface area contributed by atoms with Crippen molar-refractivity contribution in [1.29, 1.82) is 0 Å². The van der Waals surface area contributed by atoms with Crippen LogP contribution in [0.3, 0.4) is 0 Å². The Hall–Kier alpha value is -2.85. The standard InChI is InChI=1S/C20H14N2OS/c1-3-7-14-11(4-2)16-19(23-14)17-15(18-20(16)24-10-21-18)12-8-5-6-9-13(12)22-17/h3-10,22H,1H2,2H3/b11-4+,14-7+. The molecular formula is C20H14N2OS. The quantitative estimate of drug-likeness (QED) is 0.493. The minimum atomic E-state index is 0.836. The summed E-state index contributed by atoms with van der Waals surface area (Å²) in [6.45, 7) is 5.84. The van der Waals surface area contributed by atoms with E-state index in [4.69, 9.17) is 4.42 Å². The number of thiazole rings is 1. The Balaban J connectivity index is 2.23. The largest absolute Gasteiger partial charge is 0.454 e. The number of benzene rings is 2. The number of hydrogen-bond acceptors (Lipinski definition) is 3. The minimum Gasteiger partial charge on any atom is -0.454 e. The molecule has 0 aliphatic heterocycles.